The molecule has 0 radical (unpaired) electrons. The maximum Gasteiger partial charge on any atom is 0.229 e. The zero-order valence-corrected chi connectivity index (χ0v) is 13.6. The number of hydrogen-bond acceptors (Lipinski definition) is 5. The average molecular weight is 294 g/mol. The van der Waals surface area contributed by atoms with Crippen molar-refractivity contribution in [2.45, 2.75) is 70.8 Å². The van der Waals surface area contributed by atoms with E-state index in [9.17, 15) is 0 Å². The molecule has 1 saturated carbocycles. The van der Waals surface area contributed by atoms with E-state index in [4.69, 9.17) is 10.3 Å². The summed E-state index contributed by atoms with van der Waals surface area (Å²) in [6.07, 6.45) is 8.93. The van der Waals surface area contributed by atoms with Crippen LogP contribution in [0.25, 0.3) is 0 Å². The minimum atomic E-state index is -0.157. The quantitative estimate of drug-likeness (QED) is 0.872. The molecular formula is C16H30N4O. The monoisotopic (exact) mass is 294 g/mol. The number of nitrogens with zero attached hydrogens (tertiary/aromatic N) is 3. The first-order chi connectivity index (χ1) is 10.2. The van der Waals surface area contributed by atoms with Gasteiger partial charge in [0.15, 0.2) is 5.82 Å². The van der Waals surface area contributed by atoms with Crippen LogP contribution in [0.3, 0.4) is 0 Å². The molecule has 0 aliphatic heterocycles. The van der Waals surface area contributed by atoms with Gasteiger partial charge in [0.25, 0.3) is 0 Å². The van der Waals surface area contributed by atoms with Crippen molar-refractivity contribution in [2.24, 2.45) is 5.73 Å². The van der Waals surface area contributed by atoms with Crippen molar-refractivity contribution in [3.05, 3.63) is 11.7 Å². The predicted octanol–water partition coefficient (Wildman–Crippen LogP) is 3.24. The van der Waals surface area contributed by atoms with Crippen LogP contribution in [0.4, 0.5) is 0 Å². The third-order valence-electron chi connectivity index (χ3n) is 4.59. The van der Waals surface area contributed by atoms with E-state index in [1.54, 1.807) is 0 Å². The molecule has 5 nitrogen and oxygen atoms in total. The summed E-state index contributed by atoms with van der Waals surface area (Å²) < 4.78 is 5.51. The van der Waals surface area contributed by atoms with Crippen LogP contribution < -0.4 is 5.73 Å². The highest BCUT2D eigenvalue weighted by Gasteiger charge is 2.22. The maximum atomic E-state index is 6.22. The van der Waals surface area contributed by atoms with Gasteiger partial charge in [-0.2, -0.15) is 4.98 Å². The average Bonchev–Trinajstić information content (AvgIpc) is 2.94. The van der Waals surface area contributed by atoms with E-state index in [1.165, 1.54) is 44.9 Å². The van der Waals surface area contributed by atoms with Gasteiger partial charge < -0.3 is 15.2 Å². The van der Waals surface area contributed by atoms with Crippen LogP contribution in [0.1, 0.15) is 82.5 Å². The Morgan fingerprint density at radius 3 is 2.38 bits per heavy atom. The van der Waals surface area contributed by atoms with Crippen molar-refractivity contribution in [3.8, 4) is 0 Å². The molecule has 2 N–H and O–H groups in total. The van der Waals surface area contributed by atoms with E-state index in [0.717, 1.165) is 25.5 Å². The van der Waals surface area contributed by atoms with Crippen LogP contribution in [0.2, 0.25) is 0 Å². The van der Waals surface area contributed by atoms with Gasteiger partial charge in [-0.25, -0.2) is 0 Å². The first kappa shape index (κ1) is 16.4. The van der Waals surface area contributed by atoms with Gasteiger partial charge in [-0.05, 0) is 25.9 Å². The van der Waals surface area contributed by atoms with Gasteiger partial charge in [-0.1, -0.05) is 51.1 Å². The largest absolute Gasteiger partial charge is 0.339 e. The Labute approximate surface area is 128 Å². The zero-order chi connectivity index (χ0) is 15.1. The molecule has 1 aromatic heterocycles. The Bertz CT molecular complexity index is 395. The molecule has 1 aliphatic rings. The van der Waals surface area contributed by atoms with E-state index in [0.29, 0.717) is 11.7 Å². The van der Waals surface area contributed by atoms with Crippen molar-refractivity contribution in [1.29, 1.82) is 0 Å². The Kier molecular flexibility index (Phi) is 6.64. The topological polar surface area (TPSA) is 68.2 Å². The summed E-state index contributed by atoms with van der Waals surface area (Å²) in [5.74, 6) is 1.91. The van der Waals surface area contributed by atoms with Gasteiger partial charge in [0.05, 0.1) is 6.04 Å². The molecule has 1 aromatic rings. The van der Waals surface area contributed by atoms with Gasteiger partial charge >= 0.3 is 0 Å². The van der Waals surface area contributed by atoms with Gasteiger partial charge in [0, 0.05) is 12.5 Å². The van der Waals surface area contributed by atoms with E-state index >= 15 is 0 Å². The molecule has 1 heterocycles. The summed E-state index contributed by atoms with van der Waals surface area (Å²) in [6.45, 7) is 7.07. The molecule has 1 aliphatic carbocycles. The first-order valence-electron chi connectivity index (χ1n) is 8.56. The molecule has 0 bridgehead atoms. The highest BCUT2D eigenvalue weighted by molar-refractivity contribution is 4.99. The van der Waals surface area contributed by atoms with Gasteiger partial charge in [-0.15, -0.1) is 0 Å². The maximum absolute atomic E-state index is 6.22. The summed E-state index contributed by atoms with van der Waals surface area (Å²) in [5.41, 5.74) is 6.22. The number of rotatable bonds is 6. The van der Waals surface area contributed by atoms with Crippen LogP contribution in [0, 0.1) is 0 Å². The van der Waals surface area contributed by atoms with Gasteiger partial charge in [0.2, 0.25) is 5.89 Å². The van der Waals surface area contributed by atoms with Crippen LogP contribution in [-0.2, 0) is 0 Å². The third kappa shape index (κ3) is 4.78. The Morgan fingerprint density at radius 1 is 1.14 bits per heavy atom. The van der Waals surface area contributed by atoms with Crippen molar-refractivity contribution < 1.29 is 4.52 Å². The molecule has 1 atom stereocenters. The highest BCUT2D eigenvalue weighted by atomic mass is 16.5. The SMILES string of the molecule is CCN(CC)CC(N)c1noc(C2CCCCCCC2)n1. The summed E-state index contributed by atoms with van der Waals surface area (Å²) >= 11 is 0. The molecule has 120 valence electrons. The normalized spacial score (nSPS) is 19.4. The smallest absolute Gasteiger partial charge is 0.229 e. The van der Waals surface area contributed by atoms with E-state index in [-0.39, 0.29) is 6.04 Å². The van der Waals surface area contributed by atoms with Crippen LogP contribution >= 0.6 is 0 Å². The third-order valence-corrected chi connectivity index (χ3v) is 4.59. The lowest BCUT2D eigenvalue weighted by molar-refractivity contribution is 0.276. The van der Waals surface area contributed by atoms with Gasteiger partial charge in [0.1, 0.15) is 0 Å². The molecule has 0 aromatic carbocycles. The first-order valence-corrected chi connectivity index (χ1v) is 8.56. The molecule has 1 unspecified atom stereocenters. The molecule has 1 fully saturated rings. The number of hydrogen-bond donors (Lipinski definition) is 1. The second-order valence-electron chi connectivity index (χ2n) is 6.13. The van der Waals surface area contributed by atoms with Crippen LogP contribution in [0.5, 0.6) is 0 Å². The molecule has 0 spiro atoms. The standard InChI is InChI=1S/C16H30N4O/c1-3-20(4-2)12-14(17)15-18-16(21-19-15)13-10-8-6-5-7-9-11-13/h13-14H,3-12,17H2,1-2H3. The fourth-order valence-electron chi connectivity index (χ4n) is 3.11. The predicted molar refractivity (Wildman–Crippen MR) is 84.1 cm³/mol. The minimum Gasteiger partial charge on any atom is -0.339 e. The van der Waals surface area contributed by atoms with E-state index < -0.39 is 0 Å². The van der Waals surface area contributed by atoms with Crippen molar-refractivity contribution >= 4 is 0 Å². The lowest BCUT2D eigenvalue weighted by atomic mass is 9.91. The van der Waals surface area contributed by atoms with E-state index in [1.807, 2.05) is 0 Å². The minimum absolute atomic E-state index is 0.157. The van der Waals surface area contributed by atoms with E-state index in [2.05, 4.69) is 28.9 Å². The lowest BCUT2D eigenvalue weighted by Crippen LogP contribution is -2.32. The van der Waals surface area contributed by atoms with Crippen LogP contribution in [-0.4, -0.2) is 34.7 Å². The fourth-order valence-corrected chi connectivity index (χ4v) is 3.11. The molecule has 5 heteroatoms. The second kappa shape index (κ2) is 8.49. The fraction of sp³-hybridized carbons (Fsp3) is 0.875. The molecule has 2 rings (SSSR count). The number of likely N-dealkylation sites (N-methyl/N-ethyl adjacent to an activating group) is 1. The second-order valence-corrected chi connectivity index (χ2v) is 6.13. The molecule has 0 amide bonds. The summed E-state index contributed by atoms with van der Waals surface area (Å²) in [7, 11) is 0. The Morgan fingerprint density at radius 2 is 1.76 bits per heavy atom. The molecule has 0 saturated heterocycles. The number of aromatic nitrogens is 2. The summed E-state index contributed by atoms with van der Waals surface area (Å²) in [6, 6.07) is -0.157. The van der Waals surface area contributed by atoms with Crippen LogP contribution in [0.15, 0.2) is 4.52 Å². The van der Waals surface area contributed by atoms with Crippen molar-refractivity contribution in [3.63, 3.8) is 0 Å². The molecule has 21 heavy (non-hydrogen) atoms. The lowest BCUT2D eigenvalue weighted by Gasteiger charge is -2.20. The molecular weight excluding hydrogens is 264 g/mol. The number of nitrogens with two attached hydrogens (primary N) is 1. The summed E-state index contributed by atoms with van der Waals surface area (Å²) in [4.78, 5) is 6.89. The van der Waals surface area contributed by atoms with Gasteiger partial charge in [-0.3, -0.25) is 0 Å². The highest BCUT2D eigenvalue weighted by Crippen LogP contribution is 2.30. The van der Waals surface area contributed by atoms with Crippen molar-refractivity contribution in [2.75, 3.05) is 19.6 Å². The Hall–Kier alpha value is -0.940. The summed E-state index contributed by atoms with van der Waals surface area (Å²) in [5, 5.41) is 4.13. The van der Waals surface area contributed by atoms with Crippen molar-refractivity contribution in [1.82, 2.24) is 15.0 Å². The Balaban J connectivity index is 1.95. The zero-order valence-electron chi connectivity index (χ0n) is 13.6.